The molecule has 0 saturated carbocycles. The Morgan fingerprint density at radius 2 is 0.297 bits per heavy atom. The molecule has 0 nitrogen and oxygen atoms in total. The van der Waals surface area contributed by atoms with Gasteiger partial charge in [-0.3, -0.25) is 0 Å². The van der Waals surface area contributed by atoms with Crippen LogP contribution in [0.15, 0.2) is 0 Å². The van der Waals surface area contributed by atoms with Gasteiger partial charge in [-0.2, -0.15) is 0 Å². The molecule has 0 aromatic rings. The number of hydrogen-bond donors (Lipinski definition) is 0. The molecule has 0 fully saturated rings. The minimum Gasteiger partial charge on any atom is -0.0864 e. The first-order chi connectivity index (χ1) is 36.2. The van der Waals surface area contributed by atoms with Crippen molar-refractivity contribution in [2.75, 3.05) is 35.4 Å². The van der Waals surface area contributed by atoms with Crippen LogP contribution in [-0.2, 0) is 0 Å². The summed E-state index contributed by atoms with van der Waals surface area (Å²) in [5, 5.41) is 0. The van der Waals surface area contributed by atoms with E-state index in [2.05, 4.69) is 259 Å². The van der Waals surface area contributed by atoms with E-state index in [0.29, 0.717) is 0 Å². The molecule has 1 unspecified atom stereocenters. The van der Waals surface area contributed by atoms with Crippen molar-refractivity contribution < 1.29 is 0 Å². The molecule has 0 aromatic carbocycles. The quantitative estimate of drug-likeness (QED) is 0.0324. The van der Waals surface area contributed by atoms with Crippen molar-refractivity contribution in [3.8, 4) is 0 Å². The SMILES string of the molecule is CC(I)CCI.CCCCCCCCCCCCCCCCI.CCCCCCCCCCCCI.CCCCCCCCCCI.CCCCCCCCI.CCCCCCI.CCCCCI.CCCCI. The zero-order chi connectivity index (χ0) is 57.2. The first-order valence-corrected chi connectivity index (χ1v) is 45.7. The number of halogens is 9. The van der Waals surface area contributed by atoms with E-state index in [1.165, 1.54) is 344 Å². The zero-order valence-electron chi connectivity index (χ0n) is 51.6. The van der Waals surface area contributed by atoms with E-state index in [1.807, 2.05) is 0 Å². The first kappa shape index (κ1) is 96.9. The molecule has 0 aliphatic rings. The van der Waals surface area contributed by atoms with Crippen LogP contribution >= 0.6 is 203 Å². The maximum Gasteiger partial charge on any atom is 0.00886 e. The molecule has 0 aliphatic carbocycles. The standard InChI is InChI=1S/C16H33I.C12H25I.C10H21I.C8H17I.C6H13I.C5H11I.C4H8I2.C4H9I/c1-2-3-4-5-6-7-8-9-10-11-12-13-14-15-16-17;1-2-3-4-5-6-7-8-9-10-11-12-13;1-2-3-4-5-6-7-8-9-10-11;1-2-3-4-5-6-7-8-9;1-2-3-4-5-6-7;1-2-3-4-5-6;1-4(6)2-3-5;1-2-3-4-5/h2-16H2,1H3;2-12H2,1H3;2-10H2,1H3;2-8H2,1H3;2-6H2,1H3;2-5H2,1H3;4H,2-3H2,1H3;2-4H2,1H3. The molecule has 0 spiro atoms. The van der Waals surface area contributed by atoms with E-state index >= 15 is 0 Å². The lowest BCUT2D eigenvalue weighted by Gasteiger charge is -2.02. The minimum absolute atomic E-state index is 0.861. The Morgan fingerprint density at radius 1 is 0.176 bits per heavy atom. The maximum atomic E-state index is 2.48. The first-order valence-electron chi connectivity index (χ1n) is 32.3. The van der Waals surface area contributed by atoms with Gasteiger partial charge in [-0.05, 0) is 82.4 Å². The third kappa shape index (κ3) is 148. The molecule has 0 N–H and O–H groups in total. The predicted molar refractivity (Wildman–Crippen MR) is 436 cm³/mol. The maximum absolute atomic E-state index is 2.48. The highest BCUT2D eigenvalue weighted by molar-refractivity contribution is 14.1. The van der Waals surface area contributed by atoms with Gasteiger partial charge in [0, 0.05) is 8.35 Å². The second kappa shape index (κ2) is 114. The number of rotatable bonds is 49. The Morgan fingerprint density at radius 3 is 0.392 bits per heavy atom. The molecular formula is C65H137I9. The summed E-state index contributed by atoms with van der Waals surface area (Å²) in [6.45, 7) is 18.0. The van der Waals surface area contributed by atoms with Crippen molar-refractivity contribution in [2.24, 2.45) is 0 Å². The summed E-state index contributed by atoms with van der Waals surface area (Å²) in [4.78, 5) is 0. The Kier molecular flexibility index (Phi) is 150. The number of alkyl halides is 9. The van der Waals surface area contributed by atoms with Crippen LogP contribution in [0.5, 0.6) is 0 Å². The van der Waals surface area contributed by atoms with Gasteiger partial charge in [0.15, 0.2) is 0 Å². The third-order valence-corrected chi connectivity index (χ3v) is 18.8. The van der Waals surface area contributed by atoms with Crippen LogP contribution in [0.3, 0.4) is 0 Å². The third-order valence-electron chi connectivity index (χ3n) is 12.2. The summed E-state index contributed by atoms with van der Waals surface area (Å²) in [7, 11) is 0. The van der Waals surface area contributed by atoms with Crippen LogP contribution in [0.2, 0.25) is 0 Å². The number of unbranched alkanes of at least 4 members (excludes halogenated alkanes) is 40. The van der Waals surface area contributed by atoms with Crippen LogP contribution in [0.1, 0.15) is 364 Å². The fourth-order valence-corrected chi connectivity index (χ4v) is 13.6. The van der Waals surface area contributed by atoms with Crippen molar-refractivity contribution >= 4 is 203 Å². The van der Waals surface area contributed by atoms with Gasteiger partial charge in [-0.15, -0.1) is 0 Å². The van der Waals surface area contributed by atoms with Crippen LogP contribution in [0.4, 0.5) is 0 Å². The van der Waals surface area contributed by atoms with E-state index < -0.39 is 0 Å². The molecule has 0 saturated heterocycles. The second-order valence-corrected chi connectivity index (χ2v) is 31.0. The molecule has 0 bridgehead atoms. The molecule has 1 atom stereocenters. The second-order valence-electron chi connectivity index (χ2n) is 20.2. The van der Waals surface area contributed by atoms with Gasteiger partial charge in [0.1, 0.15) is 0 Å². The van der Waals surface area contributed by atoms with Crippen LogP contribution in [0, 0.1) is 0 Å². The largest absolute Gasteiger partial charge is 0.0864 e. The summed E-state index contributed by atoms with van der Waals surface area (Å²) >= 11 is 21.9. The number of hydrogen-bond acceptors (Lipinski definition) is 0. The van der Waals surface area contributed by atoms with Gasteiger partial charge in [0.05, 0.1) is 0 Å². The molecule has 74 heavy (non-hydrogen) atoms. The van der Waals surface area contributed by atoms with Gasteiger partial charge >= 0.3 is 0 Å². The lowest BCUT2D eigenvalue weighted by molar-refractivity contribution is 0.539. The average molecular weight is 2060 g/mol. The van der Waals surface area contributed by atoms with E-state index in [-0.39, 0.29) is 0 Å². The molecule has 0 aromatic heterocycles. The Bertz CT molecular complexity index is 684. The molecular weight excluding hydrogens is 1920 g/mol. The topological polar surface area (TPSA) is 0 Å². The molecule has 0 amide bonds. The zero-order valence-corrected chi connectivity index (χ0v) is 71.0. The van der Waals surface area contributed by atoms with Crippen molar-refractivity contribution in [1.82, 2.24) is 0 Å². The predicted octanol–water partition coefficient (Wildman–Crippen LogP) is 31.1. The van der Waals surface area contributed by atoms with Crippen LogP contribution in [-0.4, -0.2) is 39.3 Å². The minimum atomic E-state index is 0.861. The highest BCUT2D eigenvalue weighted by Crippen LogP contribution is 2.15. The summed E-state index contributed by atoms with van der Waals surface area (Å²) in [5.74, 6) is 0. The van der Waals surface area contributed by atoms with Gasteiger partial charge in [0.25, 0.3) is 0 Å². The van der Waals surface area contributed by atoms with Crippen molar-refractivity contribution in [1.29, 1.82) is 0 Å². The van der Waals surface area contributed by atoms with Gasteiger partial charge in [-0.1, -0.05) is 516 Å². The summed E-state index contributed by atoms with van der Waals surface area (Å²) in [5.41, 5.74) is 0. The van der Waals surface area contributed by atoms with Crippen molar-refractivity contribution in [3.63, 3.8) is 0 Å². The molecule has 9 heteroatoms. The van der Waals surface area contributed by atoms with Crippen LogP contribution < -0.4 is 0 Å². The lowest BCUT2D eigenvalue weighted by Crippen LogP contribution is -1.87. The summed E-state index contributed by atoms with van der Waals surface area (Å²) in [6.07, 6.45) is 69.0. The van der Waals surface area contributed by atoms with E-state index in [9.17, 15) is 0 Å². The fraction of sp³-hybridized carbons (Fsp3) is 1.00. The van der Waals surface area contributed by atoms with Crippen LogP contribution in [0.25, 0.3) is 0 Å². The normalized spacial score (nSPS) is 10.5. The van der Waals surface area contributed by atoms with E-state index in [4.69, 9.17) is 0 Å². The molecule has 0 radical (unpaired) electrons. The van der Waals surface area contributed by atoms with E-state index in [1.54, 1.807) is 0 Å². The Balaban J connectivity index is -0.000000116. The lowest BCUT2D eigenvalue weighted by atomic mass is 10.0. The monoisotopic (exact) mass is 2060 g/mol. The van der Waals surface area contributed by atoms with E-state index in [0.717, 1.165) is 3.92 Å². The Hall–Kier alpha value is 6.57. The summed E-state index contributed by atoms with van der Waals surface area (Å²) in [6, 6.07) is 0. The fourth-order valence-electron chi connectivity index (χ4n) is 7.12. The summed E-state index contributed by atoms with van der Waals surface area (Å²) < 4.78 is 11.5. The van der Waals surface area contributed by atoms with Gasteiger partial charge < -0.3 is 0 Å². The molecule has 0 aliphatic heterocycles. The average Bonchev–Trinajstić information content (AvgIpc) is 3.40. The van der Waals surface area contributed by atoms with Gasteiger partial charge in [0.2, 0.25) is 0 Å². The molecule has 0 rings (SSSR count). The molecule has 460 valence electrons. The molecule has 0 heterocycles. The van der Waals surface area contributed by atoms with Crippen molar-refractivity contribution in [2.45, 2.75) is 368 Å². The Labute approximate surface area is 596 Å². The smallest absolute Gasteiger partial charge is 0.00886 e. The highest BCUT2D eigenvalue weighted by atomic mass is 127. The van der Waals surface area contributed by atoms with Crippen molar-refractivity contribution in [3.05, 3.63) is 0 Å². The van der Waals surface area contributed by atoms with Gasteiger partial charge in [-0.25, -0.2) is 0 Å². The highest BCUT2D eigenvalue weighted by Gasteiger charge is 1.95.